The predicted octanol–water partition coefficient (Wildman–Crippen LogP) is 3.00. The summed E-state index contributed by atoms with van der Waals surface area (Å²) in [6, 6.07) is 5.07. The molecule has 1 fully saturated rings. The van der Waals surface area contributed by atoms with Gasteiger partial charge in [0.05, 0.1) is 12.3 Å². The van der Waals surface area contributed by atoms with E-state index in [0.717, 1.165) is 6.42 Å². The molecule has 0 bridgehead atoms. The molecule has 1 aromatic rings. The van der Waals surface area contributed by atoms with Crippen LogP contribution in [0.15, 0.2) is 18.2 Å². The average molecular weight is 367 g/mol. The minimum absolute atomic E-state index is 0.104. The van der Waals surface area contributed by atoms with E-state index in [9.17, 15) is 14.7 Å². The van der Waals surface area contributed by atoms with Crippen molar-refractivity contribution in [1.29, 1.82) is 0 Å². The van der Waals surface area contributed by atoms with E-state index < -0.39 is 12.4 Å². The first-order chi connectivity index (χ1) is 12.5. The summed E-state index contributed by atoms with van der Waals surface area (Å²) < 4.78 is 16.1. The third-order valence-corrected chi connectivity index (χ3v) is 3.56. The Hall–Kier alpha value is -2.12. The summed E-state index contributed by atoms with van der Waals surface area (Å²) in [7, 11) is 0. The number of aliphatic hydroxyl groups excluding tert-OH is 1. The Morgan fingerprint density at radius 2 is 2.08 bits per heavy atom. The molecule has 7 heteroatoms. The predicted molar refractivity (Wildman–Crippen MR) is 97.8 cm³/mol. The molecule has 1 saturated heterocycles. The quantitative estimate of drug-likeness (QED) is 0.751. The summed E-state index contributed by atoms with van der Waals surface area (Å²) in [5.74, 6) is -0.155. The van der Waals surface area contributed by atoms with E-state index in [1.807, 2.05) is 13.8 Å². The van der Waals surface area contributed by atoms with Crippen molar-refractivity contribution < 1.29 is 28.9 Å². The van der Waals surface area contributed by atoms with Gasteiger partial charge in [-0.05, 0) is 30.5 Å². The summed E-state index contributed by atoms with van der Waals surface area (Å²) in [5.41, 5.74) is 1.17. The normalized spacial score (nSPS) is 19.0. The van der Waals surface area contributed by atoms with E-state index in [-0.39, 0.29) is 18.5 Å². The monoisotopic (exact) mass is 367 g/mol. The number of carbonyl (C=O) groups excluding carboxylic acids is 2. The summed E-state index contributed by atoms with van der Waals surface area (Å²) in [5, 5.41) is 12.7. The molecule has 0 aromatic heterocycles. The highest BCUT2D eigenvalue weighted by atomic mass is 16.7. The fourth-order valence-corrected chi connectivity index (χ4v) is 2.27. The number of anilines is 1. The van der Waals surface area contributed by atoms with Crippen LogP contribution in [0.5, 0.6) is 5.75 Å². The van der Waals surface area contributed by atoms with E-state index in [1.165, 1.54) is 6.92 Å². The van der Waals surface area contributed by atoms with Crippen molar-refractivity contribution in [3.8, 4) is 5.75 Å². The van der Waals surface area contributed by atoms with Crippen LogP contribution in [0.1, 0.15) is 52.5 Å². The molecule has 1 aliphatic rings. The maximum Gasteiger partial charge on any atom is 0.302 e. The molecule has 2 rings (SSSR count). The number of aliphatic hydroxyl groups is 1. The van der Waals surface area contributed by atoms with Crippen LogP contribution in [0.2, 0.25) is 0 Å². The molecular formula is C19H29NO6. The number of hydrogen-bond acceptors (Lipinski definition) is 6. The Morgan fingerprint density at radius 1 is 1.35 bits per heavy atom. The molecule has 1 heterocycles. The molecule has 2 atom stereocenters. The van der Waals surface area contributed by atoms with E-state index in [0.29, 0.717) is 36.4 Å². The Balaban J connectivity index is 0.00000163. The van der Waals surface area contributed by atoms with E-state index >= 15 is 0 Å². The second kappa shape index (κ2) is 11.5. The number of hydrogen-bond donors (Lipinski definition) is 2. The molecule has 2 N–H and O–H groups in total. The van der Waals surface area contributed by atoms with Crippen molar-refractivity contribution in [2.24, 2.45) is 0 Å². The number of rotatable bonds is 6. The standard InChI is InChI=1S/C17H23NO6.C2H6/c1-3-16(21)18-13-9-12(10-23-11(2)19)6-7-15(13)24-17-14(20)5-4-8-22-17;1-2/h6-7,9,14,17,20H,3-5,8,10H2,1-2H3,(H,18,21);1-2H3. The number of nitrogens with one attached hydrogen (secondary N) is 1. The first-order valence-electron chi connectivity index (χ1n) is 9.02. The minimum Gasteiger partial charge on any atom is -0.461 e. The molecular weight excluding hydrogens is 338 g/mol. The lowest BCUT2D eigenvalue weighted by atomic mass is 10.1. The summed E-state index contributed by atoms with van der Waals surface area (Å²) >= 11 is 0. The first-order valence-corrected chi connectivity index (χ1v) is 9.02. The Bertz CT molecular complexity index is 589. The third kappa shape index (κ3) is 7.01. The molecule has 1 aliphatic heterocycles. The summed E-state index contributed by atoms with van der Waals surface area (Å²) in [6.45, 7) is 7.70. The molecule has 7 nitrogen and oxygen atoms in total. The SMILES string of the molecule is CC.CCC(=O)Nc1cc(COC(C)=O)ccc1OC1OCCCC1O. The second-order valence-electron chi connectivity index (χ2n) is 5.58. The zero-order valence-corrected chi connectivity index (χ0v) is 15.9. The second-order valence-corrected chi connectivity index (χ2v) is 5.58. The van der Waals surface area contributed by atoms with E-state index in [4.69, 9.17) is 14.2 Å². The zero-order valence-electron chi connectivity index (χ0n) is 15.9. The molecule has 26 heavy (non-hydrogen) atoms. The molecule has 1 amide bonds. The van der Waals surface area contributed by atoms with Gasteiger partial charge in [0.2, 0.25) is 12.2 Å². The topological polar surface area (TPSA) is 94.1 Å². The molecule has 2 unspecified atom stereocenters. The third-order valence-electron chi connectivity index (χ3n) is 3.56. The van der Waals surface area contributed by atoms with Gasteiger partial charge in [-0.3, -0.25) is 9.59 Å². The van der Waals surface area contributed by atoms with Crippen LogP contribution in [0.3, 0.4) is 0 Å². The molecule has 0 saturated carbocycles. The highest BCUT2D eigenvalue weighted by Gasteiger charge is 2.26. The van der Waals surface area contributed by atoms with Crippen molar-refractivity contribution in [3.05, 3.63) is 23.8 Å². The fourth-order valence-electron chi connectivity index (χ4n) is 2.27. The van der Waals surface area contributed by atoms with Crippen molar-refractivity contribution in [3.63, 3.8) is 0 Å². The molecule has 0 aliphatic carbocycles. The van der Waals surface area contributed by atoms with Gasteiger partial charge in [0.25, 0.3) is 0 Å². The molecule has 0 spiro atoms. The Morgan fingerprint density at radius 3 is 2.69 bits per heavy atom. The smallest absolute Gasteiger partial charge is 0.302 e. The van der Waals surface area contributed by atoms with Gasteiger partial charge in [-0.25, -0.2) is 0 Å². The Labute approximate surface area is 154 Å². The van der Waals surface area contributed by atoms with E-state index in [2.05, 4.69) is 5.32 Å². The van der Waals surface area contributed by atoms with Crippen molar-refractivity contribution in [1.82, 2.24) is 0 Å². The van der Waals surface area contributed by atoms with Crippen molar-refractivity contribution in [2.75, 3.05) is 11.9 Å². The lowest BCUT2D eigenvalue weighted by molar-refractivity contribution is -0.169. The van der Waals surface area contributed by atoms with Gasteiger partial charge in [0.15, 0.2) is 0 Å². The Kier molecular flexibility index (Phi) is 9.69. The lowest BCUT2D eigenvalue weighted by Crippen LogP contribution is -2.38. The average Bonchev–Trinajstić information content (AvgIpc) is 2.65. The van der Waals surface area contributed by atoms with Crippen LogP contribution in [0.4, 0.5) is 5.69 Å². The number of esters is 1. The van der Waals surface area contributed by atoms with Gasteiger partial charge in [-0.2, -0.15) is 0 Å². The summed E-state index contributed by atoms with van der Waals surface area (Å²) in [4.78, 5) is 22.7. The van der Waals surface area contributed by atoms with Gasteiger partial charge in [0, 0.05) is 13.3 Å². The maximum atomic E-state index is 11.7. The number of ether oxygens (including phenoxy) is 3. The summed E-state index contributed by atoms with van der Waals surface area (Å²) in [6.07, 6.45) is 0.216. The largest absolute Gasteiger partial charge is 0.461 e. The van der Waals surface area contributed by atoms with Crippen LogP contribution in [-0.2, 0) is 25.7 Å². The number of carbonyl (C=O) groups is 2. The number of benzene rings is 1. The highest BCUT2D eigenvalue weighted by molar-refractivity contribution is 5.92. The highest BCUT2D eigenvalue weighted by Crippen LogP contribution is 2.29. The fraction of sp³-hybridized carbons (Fsp3) is 0.579. The van der Waals surface area contributed by atoms with Crippen LogP contribution in [-0.4, -0.2) is 36.0 Å². The molecule has 146 valence electrons. The van der Waals surface area contributed by atoms with E-state index in [1.54, 1.807) is 25.1 Å². The van der Waals surface area contributed by atoms with Gasteiger partial charge in [-0.15, -0.1) is 0 Å². The first kappa shape index (κ1) is 21.9. The maximum absolute atomic E-state index is 11.7. The van der Waals surface area contributed by atoms with Gasteiger partial charge in [-0.1, -0.05) is 26.8 Å². The van der Waals surface area contributed by atoms with Gasteiger partial charge < -0.3 is 24.6 Å². The molecule has 1 aromatic carbocycles. The van der Waals surface area contributed by atoms with Crippen LogP contribution < -0.4 is 10.1 Å². The van der Waals surface area contributed by atoms with Crippen molar-refractivity contribution >= 4 is 17.6 Å². The van der Waals surface area contributed by atoms with Gasteiger partial charge >= 0.3 is 5.97 Å². The minimum atomic E-state index is -0.768. The van der Waals surface area contributed by atoms with Crippen molar-refractivity contribution in [2.45, 2.75) is 66.0 Å². The molecule has 0 radical (unpaired) electrons. The van der Waals surface area contributed by atoms with Gasteiger partial charge in [0.1, 0.15) is 18.5 Å². The lowest BCUT2D eigenvalue weighted by Gasteiger charge is -2.29. The van der Waals surface area contributed by atoms with Crippen LogP contribution >= 0.6 is 0 Å². The number of amides is 1. The van der Waals surface area contributed by atoms with Crippen LogP contribution in [0, 0.1) is 0 Å². The zero-order chi connectivity index (χ0) is 19.5. The van der Waals surface area contributed by atoms with Crippen LogP contribution in [0.25, 0.3) is 0 Å².